The van der Waals surface area contributed by atoms with E-state index < -0.39 is 17.7 Å². The molecular weight excluding hydrogens is 306 g/mol. The van der Waals surface area contributed by atoms with Crippen LogP contribution in [0.15, 0.2) is 24.3 Å². The van der Waals surface area contributed by atoms with Crippen molar-refractivity contribution in [3.05, 3.63) is 35.4 Å². The highest BCUT2D eigenvalue weighted by Crippen LogP contribution is 2.10. The lowest BCUT2D eigenvalue weighted by molar-refractivity contribution is -0.109. The van der Waals surface area contributed by atoms with Crippen molar-refractivity contribution < 1.29 is 19.1 Å². The number of hydrogen-bond acceptors (Lipinski definition) is 4. The molecule has 0 aliphatic rings. The first-order valence-corrected chi connectivity index (χ1v) is 8.30. The minimum Gasteiger partial charge on any atom is -0.444 e. The van der Waals surface area contributed by atoms with Gasteiger partial charge in [0.05, 0.1) is 6.04 Å². The lowest BCUT2D eigenvalue weighted by Crippen LogP contribution is -2.41. The van der Waals surface area contributed by atoms with Gasteiger partial charge in [-0.05, 0) is 59.1 Å². The Morgan fingerprint density at radius 2 is 1.79 bits per heavy atom. The van der Waals surface area contributed by atoms with Gasteiger partial charge in [-0.15, -0.1) is 0 Å². The maximum atomic E-state index is 11.6. The molecule has 24 heavy (non-hydrogen) atoms. The summed E-state index contributed by atoms with van der Waals surface area (Å²) in [5, 5.41) is 2.57. The number of aldehydes is 1. The molecule has 5 heteroatoms. The number of carbonyl (C=O) groups is 2. The Labute approximate surface area is 145 Å². The first kappa shape index (κ1) is 22.1. The van der Waals surface area contributed by atoms with Crippen molar-refractivity contribution in [3.63, 3.8) is 0 Å². The summed E-state index contributed by atoms with van der Waals surface area (Å²) in [5.74, 6) is 0. The van der Waals surface area contributed by atoms with Gasteiger partial charge in [-0.2, -0.15) is 0 Å². The molecule has 1 aromatic carbocycles. The van der Waals surface area contributed by atoms with Crippen LogP contribution in [0.25, 0.3) is 0 Å². The summed E-state index contributed by atoms with van der Waals surface area (Å²) >= 11 is 0. The molecule has 0 aliphatic heterocycles. The van der Waals surface area contributed by atoms with Gasteiger partial charge in [-0.25, -0.2) is 4.79 Å². The van der Waals surface area contributed by atoms with Crippen molar-refractivity contribution in [2.24, 2.45) is 0 Å². The number of benzene rings is 1. The van der Waals surface area contributed by atoms with Crippen molar-refractivity contribution in [1.82, 2.24) is 5.32 Å². The fourth-order valence-electron chi connectivity index (χ4n) is 1.87. The molecule has 1 amide bonds. The number of carbonyl (C=O) groups excluding carboxylic acids is 2. The highest BCUT2D eigenvalue weighted by molar-refractivity contribution is 5.73. The van der Waals surface area contributed by atoms with Crippen LogP contribution in [0.5, 0.6) is 0 Å². The Morgan fingerprint density at radius 1 is 1.21 bits per heavy atom. The summed E-state index contributed by atoms with van der Waals surface area (Å²) in [6.45, 7) is 13.0. The minimum absolute atomic E-state index is 0.468. The van der Waals surface area contributed by atoms with Crippen LogP contribution < -0.4 is 5.32 Å². The van der Waals surface area contributed by atoms with E-state index in [-0.39, 0.29) is 0 Å². The zero-order valence-electron chi connectivity index (χ0n) is 15.7. The van der Waals surface area contributed by atoms with Gasteiger partial charge in [0.15, 0.2) is 0 Å². The van der Waals surface area contributed by atoms with Crippen molar-refractivity contribution in [1.29, 1.82) is 0 Å². The van der Waals surface area contributed by atoms with Crippen LogP contribution in [0.1, 0.15) is 45.7 Å². The Hall–Kier alpha value is -1.88. The van der Waals surface area contributed by atoms with Crippen LogP contribution in [0.2, 0.25) is 0 Å². The molecule has 0 aromatic heterocycles. The zero-order chi connectivity index (χ0) is 18.6. The number of amides is 1. The summed E-state index contributed by atoms with van der Waals surface area (Å²) in [5.41, 5.74) is 1.57. The van der Waals surface area contributed by atoms with E-state index in [1.165, 1.54) is 0 Å². The summed E-state index contributed by atoms with van der Waals surface area (Å²) in [6.07, 6.45) is 0.629. The summed E-state index contributed by atoms with van der Waals surface area (Å²) in [4.78, 5) is 22.7. The molecule has 0 fully saturated rings. The number of aryl methyl sites for hydroxylation is 1. The van der Waals surface area contributed by atoms with Gasteiger partial charge in [0.25, 0.3) is 0 Å². The third-order valence-electron chi connectivity index (χ3n) is 2.98. The molecule has 0 radical (unpaired) electrons. The van der Waals surface area contributed by atoms with Crippen molar-refractivity contribution in [3.8, 4) is 0 Å². The van der Waals surface area contributed by atoms with E-state index in [1.807, 2.05) is 45.0 Å². The lowest BCUT2D eigenvalue weighted by atomic mass is 10.0. The van der Waals surface area contributed by atoms with Gasteiger partial charge in [0.2, 0.25) is 0 Å². The number of rotatable bonds is 6. The topological polar surface area (TPSA) is 64.6 Å². The summed E-state index contributed by atoms with van der Waals surface area (Å²) < 4.78 is 9.96. The molecule has 1 rings (SSSR count). The van der Waals surface area contributed by atoms with Crippen molar-refractivity contribution in [2.45, 2.75) is 59.6 Å². The van der Waals surface area contributed by atoms with E-state index in [9.17, 15) is 9.59 Å². The number of alkyl carbamates (subject to hydrolysis) is 1. The second kappa shape index (κ2) is 11.6. The molecule has 1 aromatic rings. The van der Waals surface area contributed by atoms with Crippen LogP contribution >= 0.6 is 0 Å². The van der Waals surface area contributed by atoms with E-state index in [0.29, 0.717) is 6.42 Å². The van der Waals surface area contributed by atoms with Gasteiger partial charge in [-0.1, -0.05) is 24.3 Å². The van der Waals surface area contributed by atoms with Gasteiger partial charge in [0, 0.05) is 13.2 Å². The van der Waals surface area contributed by atoms with E-state index in [1.54, 1.807) is 20.8 Å². The molecule has 0 spiro atoms. The van der Waals surface area contributed by atoms with Crippen molar-refractivity contribution >= 4 is 12.4 Å². The van der Waals surface area contributed by atoms with Crippen molar-refractivity contribution in [2.75, 3.05) is 13.2 Å². The Bertz CT molecular complexity index is 492. The van der Waals surface area contributed by atoms with Gasteiger partial charge in [0.1, 0.15) is 11.9 Å². The van der Waals surface area contributed by atoms with E-state index >= 15 is 0 Å². The van der Waals surface area contributed by atoms with Gasteiger partial charge < -0.3 is 19.6 Å². The Balaban J connectivity index is 0.000000922. The van der Waals surface area contributed by atoms with Crippen LogP contribution in [-0.4, -0.2) is 37.2 Å². The average Bonchev–Trinajstić information content (AvgIpc) is 2.48. The predicted molar refractivity (Wildman–Crippen MR) is 96.3 cm³/mol. The predicted octanol–water partition coefficient (Wildman–Crippen LogP) is 3.67. The lowest BCUT2D eigenvalue weighted by Gasteiger charge is -2.21. The molecule has 136 valence electrons. The quantitative estimate of drug-likeness (QED) is 0.804. The third-order valence-corrected chi connectivity index (χ3v) is 2.98. The fraction of sp³-hybridized carbons (Fsp3) is 0.579. The van der Waals surface area contributed by atoms with Gasteiger partial charge in [-0.3, -0.25) is 0 Å². The Morgan fingerprint density at radius 3 is 2.21 bits per heavy atom. The number of hydrogen-bond donors (Lipinski definition) is 1. The molecule has 0 saturated carbocycles. The molecule has 0 saturated heterocycles. The maximum absolute atomic E-state index is 11.6. The Kier molecular flexibility index (Phi) is 10.7. The molecule has 1 N–H and O–H groups in total. The summed E-state index contributed by atoms with van der Waals surface area (Å²) in [6, 6.07) is 7.21. The van der Waals surface area contributed by atoms with Crippen LogP contribution in [0.3, 0.4) is 0 Å². The van der Waals surface area contributed by atoms with E-state index in [4.69, 9.17) is 9.47 Å². The van der Waals surface area contributed by atoms with Crippen LogP contribution in [-0.2, 0) is 20.7 Å². The highest BCUT2D eigenvalue weighted by Gasteiger charge is 2.19. The normalized spacial score (nSPS) is 11.8. The van der Waals surface area contributed by atoms with E-state index in [0.717, 1.165) is 30.6 Å². The molecule has 0 bridgehead atoms. The molecular formula is C19H31NO4. The van der Waals surface area contributed by atoms with Gasteiger partial charge >= 0.3 is 6.09 Å². The number of nitrogens with one attached hydrogen (secondary N) is 1. The monoisotopic (exact) mass is 337 g/mol. The maximum Gasteiger partial charge on any atom is 0.408 e. The zero-order valence-corrected chi connectivity index (χ0v) is 15.7. The second-order valence-corrected chi connectivity index (χ2v) is 6.30. The largest absolute Gasteiger partial charge is 0.444 e. The molecule has 0 heterocycles. The van der Waals surface area contributed by atoms with Crippen LogP contribution in [0.4, 0.5) is 4.79 Å². The first-order chi connectivity index (χ1) is 11.2. The third kappa shape index (κ3) is 10.8. The smallest absolute Gasteiger partial charge is 0.408 e. The molecule has 0 aliphatic carbocycles. The molecule has 1 unspecified atom stereocenters. The standard InChI is InChI=1S/C15H21NO3.C4H10O/c1-11-7-5-6-8-12(11)9-13(10-17)16-14(18)19-15(2,3)4;1-3-5-4-2/h5-8,10,13H,9H2,1-4H3,(H,16,18);3-4H2,1-2H3. The second-order valence-electron chi connectivity index (χ2n) is 6.30. The first-order valence-electron chi connectivity index (χ1n) is 8.30. The van der Waals surface area contributed by atoms with Crippen LogP contribution in [0, 0.1) is 6.92 Å². The number of ether oxygens (including phenoxy) is 2. The van der Waals surface area contributed by atoms with E-state index in [2.05, 4.69) is 5.32 Å². The summed E-state index contributed by atoms with van der Waals surface area (Å²) in [7, 11) is 0. The highest BCUT2D eigenvalue weighted by atomic mass is 16.6. The minimum atomic E-state index is -0.573. The SMILES string of the molecule is CCOCC.Cc1ccccc1CC(C=O)NC(=O)OC(C)(C)C. The average molecular weight is 337 g/mol. The molecule has 5 nitrogen and oxygen atoms in total. The molecule has 1 atom stereocenters. The fourth-order valence-corrected chi connectivity index (χ4v) is 1.87.